The highest BCUT2D eigenvalue weighted by atomic mass is 32.1. The van der Waals surface area contributed by atoms with Crippen molar-refractivity contribution in [2.75, 3.05) is 0 Å². The molecule has 0 radical (unpaired) electrons. The van der Waals surface area contributed by atoms with E-state index in [2.05, 4.69) is 30.3 Å². The van der Waals surface area contributed by atoms with Crippen LogP contribution in [0.1, 0.15) is 5.56 Å². The van der Waals surface area contributed by atoms with Crippen molar-refractivity contribution in [1.29, 1.82) is 0 Å². The summed E-state index contributed by atoms with van der Waals surface area (Å²) in [6, 6.07) is 22.3. The van der Waals surface area contributed by atoms with Crippen molar-refractivity contribution in [3.63, 3.8) is 0 Å². The van der Waals surface area contributed by atoms with Crippen LogP contribution < -0.4 is 5.56 Å². The fraction of sp³-hybridized carbons (Fsp3) is 0.0556. The van der Waals surface area contributed by atoms with Crippen LogP contribution in [0.2, 0.25) is 0 Å². The predicted octanol–water partition coefficient (Wildman–Crippen LogP) is 4.26. The van der Waals surface area contributed by atoms with E-state index < -0.39 is 0 Å². The van der Waals surface area contributed by atoms with Gasteiger partial charge in [-0.25, -0.2) is 0 Å². The van der Waals surface area contributed by atoms with Crippen LogP contribution in [0.4, 0.5) is 0 Å². The van der Waals surface area contributed by atoms with Crippen LogP contribution in [-0.2, 0) is 6.54 Å². The van der Waals surface area contributed by atoms with Crippen LogP contribution in [0.5, 0.6) is 0 Å². The summed E-state index contributed by atoms with van der Waals surface area (Å²) in [5.74, 6) is 0. The van der Waals surface area contributed by atoms with Crippen LogP contribution in [0, 0.1) is 0 Å². The topological polar surface area (TPSA) is 22.0 Å². The number of nitrogens with zero attached hydrogens (tertiary/aromatic N) is 1. The highest BCUT2D eigenvalue weighted by Gasteiger charge is 2.08. The van der Waals surface area contributed by atoms with E-state index in [1.807, 2.05) is 40.4 Å². The van der Waals surface area contributed by atoms with Gasteiger partial charge in [-0.2, -0.15) is 0 Å². The van der Waals surface area contributed by atoms with Crippen LogP contribution in [0.3, 0.4) is 0 Å². The summed E-state index contributed by atoms with van der Waals surface area (Å²) in [4.78, 5) is 12.4. The number of aromatic nitrogens is 1. The first-order valence-electron chi connectivity index (χ1n) is 6.88. The monoisotopic (exact) mass is 291 g/mol. The van der Waals surface area contributed by atoms with Gasteiger partial charge in [0, 0.05) is 0 Å². The summed E-state index contributed by atoms with van der Waals surface area (Å²) in [5, 5.41) is 3.23. The third-order valence-corrected chi connectivity index (χ3v) is 4.81. The maximum atomic E-state index is 12.4. The quantitative estimate of drug-likeness (QED) is 0.541. The molecule has 4 aromatic rings. The minimum Gasteiger partial charge on any atom is -0.268 e. The minimum absolute atomic E-state index is 0.100. The fourth-order valence-electron chi connectivity index (χ4n) is 2.71. The predicted molar refractivity (Wildman–Crippen MR) is 89.1 cm³/mol. The molecule has 0 aliphatic rings. The van der Waals surface area contributed by atoms with Gasteiger partial charge in [-0.15, -0.1) is 0 Å². The minimum atomic E-state index is 0.100. The molecule has 0 amide bonds. The molecule has 1 aromatic heterocycles. The highest BCUT2D eigenvalue weighted by Crippen LogP contribution is 2.22. The van der Waals surface area contributed by atoms with Gasteiger partial charge in [0.25, 0.3) is 5.56 Å². The fourth-order valence-corrected chi connectivity index (χ4v) is 3.72. The number of benzene rings is 3. The first kappa shape index (κ1) is 12.4. The molecule has 0 aliphatic heterocycles. The van der Waals surface area contributed by atoms with Gasteiger partial charge in [-0.3, -0.25) is 8.75 Å². The molecule has 0 unspecified atom stereocenters. The van der Waals surface area contributed by atoms with E-state index in [4.69, 9.17) is 0 Å². The molecule has 2 nitrogen and oxygen atoms in total. The molecule has 3 aromatic carbocycles. The number of fused-ring (bicyclic) bond motifs is 2. The third kappa shape index (κ3) is 2.06. The van der Waals surface area contributed by atoms with E-state index in [1.54, 1.807) is 0 Å². The molecule has 0 aliphatic carbocycles. The van der Waals surface area contributed by atoms with E-state index in [1.165, 1.54) is 27.9 Å². The molecule has 3 heteroatoms. The van der Waals surface area contributed by atoms with Gasteiger partial charge in [0.2, 0.25) is 0 Å². The van der Waals surface area contributed by atoms with Crippen LogP contribution >= 0.6 is 11.5 Å². The molecule has 0 saturated heterocycles. The van der Waals surface area contributed by atoms with Gasteiger partial charge in [0.05, 0.1) is 16.6 Å². The molecule has 0 atom stereocenters. The lowest BCUT2D eigenvalue weighted by atomic mass is 10.0. The van der Waals surface area contributed by atoms with Crippen molar-refractivity contribution in [3.8, 4) is 0 Å². The van der Waals surface area contributed by atoms with E-state index in [0.717, 1.165) is 10.1 Å². The summed E-state index contributed by atoms with van der Waals surface area (Å²) in [5.41, 5.74) is 1.28. The van der Waals surface area contributed by atoms with Crippen LogP contribution in [0.15, 0.2) is 71.5 Å². The number of rotatable bonds is 2. The van der Waals surface area contributed by atoms with Crippen molar-refractivity contribution in [2.45, 2.75) is 6.54 Å². The number of hydrogen-bond donors (Lipinski definition) is 0. The van der Waals surface area contributed by atoms with Crippen molar-refractivity contribution < 1.29 is 0 Å². The summed E-state index contributed by atoms with van der Waals surface area (Å²) in [6.45, 7) is 0.625. The second-order valence-corrected chi connectivity index (χ2v) is 6.13. The zero-order valence-electron chi connectivity index (χ0n) is 11.3. The second-order valence-electron chi connectivity index (χ2n) is 5.07. The Morgan fingerprint density at radius 2 is 1.52 bits per heavy atom. The Balaban J connectivity index is 1.87. The molecular formula is C18H13NOS. The second kappa shape index (κ2) is 4.86. The van der Waals surface area contributed by atoms with Gasteiger partial charge in [0.15, 0.2) is 0 Å². The average molecular weight is 291 g/mol. The number of hydrogen-bond acceptors (Lipinski definition) is 2. The lowest BCUT2D eigenvalue weighted by Crippen LogP contribution is -2.13. The van der Waals surface area contributed by atoms with Crippen LogP contribution in [-0.4, -0.2) is 3.96 Å². The lowest BCUT2D eigenvalue weighted by Gasteiger charge is -2.06. The molecule has 0 spiro atoms. The maximum absolute atomic E-state index is 12.4. The standard InChI is InChI=1S/C18H13NOS/c20-18-16-10-3-4-11-17(16)21-19(18)12-14-8-5-7-13-6-1-2-9-15(13)14/h1-11H,12H2. The molecular weight excluding hydrogens is 278 g/mol. The first-order valence-corrected chi connectivity index (χ1v) is 7.66. The molecule has 1 heterocycles. The van der Waals surface area contributed by atoms with Crippen molar-refractivity contribution in [3.05, 3.63) is 82.6 Å². The molecule has 4 rings (SSSR count). The summed E-state index contributed by atoms with van der Waals surface area (Å²) in [6.07, 6.45) is 0. The molecule has 0 bridgehead atoms. The Labute approximate surface area is 126 Å². The average Bonchev–Trinajstić information content (AvgIpc) is 2.85. The Morgan fingerprint density at radius 3 is 2.38 bits per heavy atom. The summed E-state index contributed by atoms with van der Waals surface area (Å²) in [7, 11) is 0. The van der Waals surface area contributed by atoms with E-state index >= 15 is 0 Å². The van der Waals surface area contributed by atoms with Gasteiger partial charge in [0.1, 0.15) is 0 Å². The summed E-state index contributed by atoms with van der Waals surface area (Å²) >= 11 is 1.53. The molecule has 0 saturated carbocycles. The largest absolute Gasteiger partial charge is 0.268 e. The SMILES string of the molecule is O=c1c2ccccc2sn1Cc1cccc2ccccc12. The highest BCUT2D eigenvalue weighted by molar-refractivity contribution is 7.13. The van der Waals surface area contributed by atoms with Gasteiger partial charge in [-0.05, 0) is 28.5 Å². The first-order chi connectivity index (χ1) is 10.3. The van der Waals surface area contributed by atoms with Crippen molar-refractivity contribution >= 4 is 32.4 Å². The molecule has 0 fully saturated rings. The van der Waals surface area contributed by atoms with Gasteiger partial charge >= 0.3 is 0 Å². The van der Waals surface area contributed by atoms with Crippen LogP contribution in [0.25, 0.3) is 20.9 Å². The zero-order chi connectivity index (χ0) is 14.2. The smallest absolute Gasteiger partial charge is 0.268 e. The Morgan fingerprint density at radius 1 is 0.810 bits per heavy atom. The third-order valence-electron chi connectivity index (χ3n) is 3.75. The Hall–Kier alpha value is -2.39. The molecule has 21 heavy (non-hydrogen) atoms. The summed E-state index contributed by atoms with van der Waals surface area (Å²) < 4.78 is 2.88. The maximum Gasteiger partial charge on any atom is 0.268 e. The molecule has 102 valence electrons. The Kier molecular flexibility index (Phi) is 2.86. The Bertz CT molecular complexity index is 991. The van der Waals surface area contributed by atoms with E-state index in [9.17, 15) is 4.79 Å². The lowest BCUT2D eigenvalue weighted by molar-refractivity contribution is 0.861. The zero-order valence-corrected chi connectivity index (χ0v) is 12.1. The molecule has 0 N–H and O–H groups in total. The van der Waals surface area contributed by atoms with Gasteiger partial charge < -0.3 is 0 Å². The van der Waals surface area contributed by atoms with Gasteiger partial charge in [-0.1, -0.05) is 66.1 Å². The van der Waals surface area contributed by atoms with E-state index in [-0.39, 0.29) is 5.56 Å². The normalized spacial score (nSPS) is 11.2. The van der Waals surface area contributed by atoms with Crippen molar-refractivity contribution in [2.24, 2.45) is 0 Å². The van der Waals surface area contributed by atoms with E-state index in [0.29, 0.717) is 6.54 Å². The van der Waals surface area contributed by atoms with Crippen molar-refractivity contribution in [1.82, 2.24) is 3.96 Å².